The molecule has 16 heavy (non-hydrogen) atoms. The van der Waals surface area contributed by atoms with E-state index in [0.717, 1.165) is 21.9 Å². The van der Waals surface area contributed by atoms with Crippen LogP contribution in [-0.2, 0) is 6.61 Å². The summed E-state index contributed by atoms with van der Waals surface area (Å²) in [6.45, 7) is 2.61. The first-order valence-electron chi connectivity index (χ1n) is 5.18. The maximum absolute atomic E-state index is 5.81. The van der Waals surface area contributed by atoms with Crippen LogP contribution in [0.2, 0.25) is 5.02 Å². The van der Waals surface area contributed by atoms with Crippen molar-refractivity contribution in [1.29, 1.82) is 0 Å². The molecule has 0 amide bonds. The highest BCUT2D eigenvalue weighted by atomic mass is 35.5. The number of halogens is 1. The third-order valence-corrected chi connectivity index (χ3v) is 2.65. The Morgan fingerprint density at radius 1 is 1.00 bits per heavy atom. The minimum Gasteiger partial charge on any atom is -0.489 e. The molecule has 0 aromatic heterocycles. The Bertz CT molecular complexity index is 462. The predicted molar refractivity (Wildman–Crippen MR) is 67.0 cm³/mol. The van der Waals surface area contributed by atoms with Crippen LogP contribution in [0.25, 0.3) is 0 Å². The zero-order valence-electron chi connectivity index (χ0n) is 9.11. The van der Waals surface area contributed by atoms with Crippen molar-refractivity contribution in [2.45, 2.75) is 13.5 Å². The van der Waals surface area contributed by atoms with Crippen LogP contribution in [0.3, 0.4) is 0 Å². The molecule has 0 aliphatic heterocycles. The normalized spacial score (nSPS) is 10.1. The SMILES string of the molecule is Cc1ccccc1OCc1ccc(Cl)cc1. The van der Waals surface area contributed by atoms with Gasteiger partial charge in [0.1, 0.15) is 12.4 Å². The van der Waals surface area contributed by atoms with Crippen molar-refractivity contribution in [2.75, 3.05) is 0 Å². The van der Waals surface area contributed by atoms with E-state index < -0.39 is 0 Å². The number of hydrogen-bond acceptors (Lipinski definition) is 1. The molecule has 0 saturated carbocycles. The molecule has 0 unspecified atom stereocenters. The molecule has 0 fully saturated rings. The van der Waals surface area contributed by atoms with Gasteiger partial charge in [-0.25, -0.2) is 0 Å². The molecule has 2 aromatic carbocycles. The Morgan fingerprint density at radius 2 is 1.69 bits per heavy atom. The maximum atomic E-state index is 5.81. The van der Waals surface area contributed by atoms with E-state index in [9.17, 15) is 0 Å². The molecule has 0 atom stereocenters. The monoisotopic (exact) mass is 232 g/mol. The van der Waals surface area contributed by atoms with Crippen molar-refractivity contribution in [3.05, 3.63) is 64.7 Å². The fraction of sp³-hybridized carbons (Fsp3) is 0.143. The van der Waals surface area contributed by atoms with Crippen molar-refractivity contribution in [2.24, 2.45) is 0 Å². The molecule has 0 heterocycles. The minimum atomic E-state index is 0.571. The fourth-order valence-electron chi connectivity index (χ4n) is 1.46. The molecule has 0 saturated heterocycles. The molecular weight excluding hydrogens is 220 g/mol. The van der Waals surface area contributed by atoms with Gasteiger partial charge in [0, 0.05) is 5.02 Å². The second-order valence-corrected chi connectivity index (χ2v) is 4.12. The van der Waals surface area contributed by atoms with Crippen LogP contribution in [-0.4, -0.2) is 0 Å². The molecule has 0 aliphatic rings. The second kappa shape index (κ2) is 5.04. The number of para-hydroxylation sites is 1. The Kier molecular flexibility index (Phi) is 3.47. The van der Waals surface area contributed by atoms with Gasteiger partial charge in [0.15, 0.2) is 0 Å². The summed E-state index contributed by atoms with van der Waals surface area (Å²) in [6.07, 6.45) is 0. The summed E-state index contributed by atoms with van der Waals surface area (Å²) in [4.78, 5) is 0. The van der Waals surface area contributed by atoms with Gasteiger partial charge >= 0.3 is 0 Å². The van der Waals surface area contributed by atoms with Crippen LogP contribution in [0.4, 0.5) is 0 Å². The third kappa shape index (κ3) is 2.77. The Hall–Kier alpha value is -1.47. The van der Waals surface area contributed by atoms with Gasteiger partial charge in [-0.05, 0) is 36.2 Å². The Labute approximate surface area is 101 Å². The third-order valence-electron chi connectivity index (χ3n) is 2.40. The fourth-order valence-corrected chi connectivity index (χ4v) is 1.59. The standard InChI is InChI=1S/C14H13ClO/c1-11-4-2-3-5-14(11)16-10-12-6-8-13(15)9-7-12/h2-9H,10H2,1H3. The molecule has 0 spiro atoms. The topological polar surface area (TPSA) is 9.23 Å². The Balaban J connectivity index is 2.02. The van der Waals surface area contributed by atoms with Gasteiger partial charge in [0.2, 0.25) is 0 Å². The number of ether oxygens (including phenoxy) is 1. The zero-order valence-corrected chi connectivity index (χ0v) is 9.87. The minimum absolute atomic E-state index is 0.571. The van der Waals surface area contributed by atoms with Crippen molar-refractivity contribution in [3.8, 4) is 5.75 Å². The second-order valence-electron chi connectivity index (χ2n) is 3.68. The first-order valence-corrected chi connectivity index (χ1v) is 5.56. The van der Waals surface area contributed by atoms with Crippen LogP contribution >= 0.6 is 11.6 Å². The first kappa shape index (κ1) is 11.0. The molecule has 0 bridgehead atoms. The number of hydrogen-bond donors (Lipinski definition) is 0. The van der Waals surface area contributed by atoms with Crippen molar-refractivity contribution >= 4 is 11.6 Å². The van der Waals surface area contributed by atoms with Gasteiger partial charge in [-0.2, -0.15) is 0 Å². The van der Waals surface area contributed by atoms with E-state index in [1.54, 1.807) is 0 Å². The summed E-state index contributed by atoms with van der Waals surface area (Å²) >= 11 is 5.81. The highest BCUT2D eigenvalue weighted by molar-refractivity contribution is 6.30. The summed E-state index contributed by atoms with van der Waals surface area (Å²) in [5.41, 5.74) is 2.27. The number of aryl methyl sites for hydroxylation is 1. The molecule has 2 heteroatoms. The van der Waals surface area contributed by atoms with Crippen LogP contribution in [0.1, 0.15) is 11.1 Å². The van der Waals surface area contributed by atoms with Crippen molar-refractivity contribution in [3.63, 3.8) is 0 Å². The molecule has 1 nitrogen and oxygen atoms in total. The smallest absolute Gasteiger partial charge is 0.122 e. The van der Waals surface area contributed by atoms with E-state index >= 15 is 0 Å². The summed E-state index contributed by atoms with van der Waals surface area (Å²) in [6, 6.07) is 15.7. The van der Waals surface area contributed by atoms with Gasteiger partial charge in [-0.3, -0.25) is 0 Å². The summed E-state index contributed by atoms with van der Waals surface area (Å²) in [5, 5.41) is 0.750. The molecule has 0 aliphatic carbocycles. The largest absolute Gasteiger partial charge is 0.489 e. The van der Waals surface area contributed by atoms with E-state index in [0.29, 0.717) is 6.61 Å². The van der Waals surface area contributed by atoms with Crippen molar-refractivity contribution < 1.29 is 4.74 Å². The number of rotatable bonds is 3. The van der Waals surface area contributed by atoms with Crippen LogP contribution in [0.15, 0.2) is 48.5 Å². The van der Waals surface area contributed by atoms with Crippen LogP contribution < -0.4 is 4.74 Å². The maximum Gasteiger partial charge on any atom is 0.122 e. The van der Waals surface area contributed by atoms with E-state index in [-0.39, 0.29) is 0 Å². The van der Waals surface area contributed by atoms with Crippen molar-refractivity contribution in [1.82, 2.24) is 0 Å². The van der Waals surface area contributed by atoms with Gasteiger partial charge in [-0.15, -0.1) is 0 Å². The molecule has 0 N–H and O–H groups in total. The van der Waals surface area contributed by atoms with E-state index in [4.69, 9.17) is 16.3 Å². The highest BCUT2D eigenvalue weighted by Gasteiger charge is 1.98. The van der Waals surface area contributed by atoms with E-state index in [2.05, 4.69) is 0 Å². The van der Waals surface area contributed by atoms with E-state index in [1.165, 1.54) is 0 Å². The summed E-state index contributed by atoms with van der Waals surface area (Å²) < 4.78 is 5.72. The Morgan fingerprint density at radius 3 is 2.38 bits per heavy atom. The molecule has 2 rings (SSSR count). The first-order chi connectivity index (χ1) is 7.75. The van der Waals surface area contributed by atoms with E-state index in [1.807, 2.05) is 55.5 Å². The molecule has 82 valence electrons. The highest BCUT2D eigenvalue weighted by Crippen LogP contribution is 2.18. The van der Waals surface area contributed by atoms with Crippen LogP contribution in [0.5, 0.6) is 5.75 Å². The molecule has 0 radical (unpaired) electrons. The lowest BCUT2D eigenvalue weighted by Gasteiger charge is -2.08. The van der Waals surface area contributed by atoms with Gasteiger partial charge in [-0.1, -0.05) is 41.9 Å². The number of benzene rings is 2. The lowest BCUT2D eigenvalue weighted by atomic mass is 10.2. The quantitative estimate of drug-likeness (QED) is 0.770. The summed E-state index contributed by atoms with van der Waals surface area (Å²) in [5.74, 6) is 0.928. The molecule has 2 aromatic rings. The van der Waals surface area contributed by atoms with Gasteiger partial charge < -0.3 is 4.74 Å². The summed E-state index contributed by atoms with van der Waals surface area (Å²) in [7, 11) is 0. The van der Waals surface area contributed by atoms with Crippen LogP contribution in [0, 0.1) is 6.92 Å². The van der Waals surface area contributed by atoms with Gasteiger partial charge in [0.05, 0.1) is 0 Å². The lowest BCUT2D eigenvalue weighted by Crippen LogP contribution is -1.96. The predicted octanol–water partition coefficient (Wildman–Crippen LogP) is 4.23. The average Bonchev–Trinajstić information content (AvgIpc) is 2.30. The zero-order chi connectivity index (χ0) is 11.4. The average molecular weight is 233 g/mol. The van der Waals surface area contributed by atoms with Gasteiger partial charge in [0.25, 0.3) is 0 Å². The molecular formula is C14H13ClO. The lowest BCUT2D eigenvalue weighted by molar-refractivity contribution is 0.304.